The summed E-state index contributed by atoms with van der Waals surface area (Å²) in [6.45, 7) is 0. The molecule has 70 valence electrons. The molecule has 1 aromatic rings. The standard InChI is InChI=1S/C9H9.BF3.K/c1-2-4-8(5-3-1)9-6-7-9;2-1(3)4;/h1-6,9H,7H2;;/q-1;;+1/t9-;;/m1../s1. The molecule has 0 aromatic heterocycles. The summed E-state index contributed by atoms with van der Waals surface area (Å²) >= 11 is 0. The maximum Gasteiger partial charge on any atom is 1.00 e. The largest absolute Gasteiger partial charge is 1.00 e. The van der Waals surface area contributed by atoms with Crippen LogP contribution in [0.5, 0.6) is 0 Å². The third-order valence-electron chi connectivity index (χ3n) is 1.70. The molecule has 2 rings (SSSR count). The van der Waals surface area contributed by atoms with E-state index >= 15 is 0 Å². The molecule has 1 aromatic carbocycles. The van der Waals surface area contributed by atoms with Gasteiger partial charge in [0.05, 0.1) is 0 Å². The van der Waals surface area contributed by atoms with Crippen LogP contribution in [-0.4, -0.2) is 7.54 Å². The number of benzene rings is 1. The van der Waals surface area contributed by atoms with Crippen molar-refractivity contribution in [2.75, 3.05) is 0 Å². The van der Waals surface area contributed by atoms with Crippen molar-refractivity contribution in [1.82, 2.24) is 0 Å². The predicted octanol–water partition coefficient (Wildman–Crippen LogP) is 0.262. The van der Waals surface area contributed by atoms with Crippen LogP contribution in [0, 0.1) is 6.42 Å². The molecule has 0 radical (unpaired) electrons. The van der Waals surface area contributed by atoms with Gasteiger partial charge in [0.25, 0.3) is 0 Å². The van der Waals surface area contributed by atoms with Gasteiger partial charge in [0.15, 0.2) is 0 Å². The molecule has 1 saturated carbocycles. The van der Waals surface area contributed by atoms with Gasteiger partial charge in [-0.25, -0.2) is 0 Å². The molecule has 0 bridgehead atoms. The fraction of sp³-hybridized carbons (Fsp3) is 0.222. The van der Waals surface area contributed by atoms with Gasteiger partial charge in [0.1, 0.15) is 0 Å². The second-order valence-electron chi connectivity index (χ2n) is 2.74. The zero-order valence-electron chi connectivity index (χ0n) is 7.96. The average Bonchev–Trinajstić information content (AvgIpc) is 2.87. The van der Waals surface area contributed by atoms with Gasteiger partial charge in [-0.3, -0.25) is 12.9 Å². The van der Waals surface area contributed by atoms with Crippen molar-refractivity contribution in [3.8, 4) is 0 Å². The van der Waals surface area contributed by atoms with E-state index in [0.717, 1.165) is 5.92 Å². The van der Waals surface area contributed by atoms with Gasteiger partial charge < -0.3 is 6.42 Å². The minimum Gasteiger partial charge on any atom is -0.325 e. The second-order valence-corrected chi connectivity index (χ2v) is 2.74. The van der Waals surface area contributed by atoms with Crippen LogP contribution in [0.3, 0.4) is 0 Å². The van der Waals surface area contributed by atoms with E-state index in [1.165, 1.54) is 12.0 Å². The van der Waals surface area contributed by atoms with Gasteiger partial charge in [0, 0.05) is 0 Å². The van der Waals surface area contributed by atoms with Crippen molar-refractivity contribution in [2.45, 2.75) is 12.3 Å². The summed E-state index contributed by atoms with van der Waals surface area (Å²) in [6.07, 6.45) is 3.61. The monoisotopic (exact) mass is 224 g/mol. The van der Waals surface area contributed by atoms with Crippen molar-refractivity contribution >= 4 is 7.54 Å². The first kappa shape index (κ1) is 14.7. The van der Waals surface area contributed by atoms with E-state index in [4.69, 9.17) is 0 Å². The van der Waals surface area contributed by atoms with E-state index in [-0.39, 0.29) is 51.4 Å². The molecule has 0 aliphatic heterocycles. The minimum absolute atomic E-state index is 0. The van der Waals surface area contributed by atoms with Gasteiger partial charge >= 0.3 is 58.9 Å². The van der Waals surface area contributed by atoms with E-state index in [1.54, 1.807) is 0 Å². The first-order valence-electron chi connectivity index (χ1n) is 4.00. The summed E-state index contributed by atoms with van der Waals surface area (Å²) < 4.78 is 29.0. The first-order valence-corrected chi connectivity index (χ1v) is 4.00. The van der Waals surface area contributed by atoms with Crippen LogP contribution in [0.1, 0.15) is 17.9 Å². The van der Waals surface area contributed by atoms with Crippen LogP contribution in [0.15, 0.2) is 30.3 Å². The van der Waals surface area contributed by atoms with Gasteiger partial charge in [0.2, 0.25) is 0 Å². The van der Waals surface area contributed by atoms with Crippen LogP contribution in [0.4, 0.5) is 12.9 Å². The van der Waals surface area contributed by atoms with Gasteiger partial charge in [-0.1, -0.05) is 35.9 Å². The Bertz CT molecular complexity index is 236. The Balaban J connectivity index is 0.000000299. The molecular weight excluding hydrogens is 215 g/mol. The minimum atomic E-state index is -3.67. The molecule has 5 heteroatoms. The Morgan fingerprint density at radius 3 is 1.93 bits per heavy atom. The predicted molar refractivity (Wildman–Crippen MR) is 47.2 cm³/mol. The van der Waals surface area contributed by atoms with Crippen LogP contribution in [-0.2, 0) is 0 Å². The van der Waals surface area contributed by atoms with Gasteiger partial charge in [-0.05, 0) is 0 Å². The number of rotatable bonds is 1. The Hall–Kier alpha value is 0.711. The SMILES string of the molecule is FB(F)F.[K+].c1ccc([C@@H]2[CH-]C2)cc1. The molecule has 0 saturated heterocycles. The molecule has 1 atom stereocenters. The Kier molecular flexibility index (Phi) is 8.34. The summed E-state index contributed by atoms with van der Waals surface area (Å²) in [4.78, 5) is 0. The zero-order chi connectivity index (χ0) is 9.68. The van der Waals surface area contributed by atoms with Crippen molar-refractivity contribution < 1.29 is 64.3 Å². The Labute approximate surface area is 125 Å². The molecule has 1 aliphatic carbocycles. The first-order chi connectivity index (χ1) is 6.20. The fourth-order valence-electron chi connectivity index (χ4n) is 1.04. The van der Waals surface area contributed by atoms with Crippen molar-refractivity contribution in [3.63, 3.8) is 0 Å². The van der Waals surface area contributed by atoms with E-state index in [1.807, 2.05) is 0 Å². The zero-order valence-corrected chi connectivity index (χ0v) is 11.1. The molecule has 0 amide bonds. The summed E-state index contributed by atoms with van der Waals surface area (Å²) in [6, 6.07) is 10.6. The normalized spacial score (nSPS) is 17.2. The molecule has 14 heavy (non-hydrogen) atoms. The summed E-state index contributed by atoms with van der Waals surface area (Å²) in [5.74, 6) is 0.784. The molecule has 0 unspecified atom stereocenters. The topological polar surface area (TPSA) is 0 Å². The van der Waals surface area contributed by atoms with Crippen LogP contribution in [0.25, 0.3) is 0 Å². The summed E-state index contributed by atoms with van der Waals surface area (Å²) in [5, 5.41) is 0. The van der Waals surface area contributed by atoms with Gasteiger partial charge in [-0.15, -0.1) is 0 Å². The summed E-state index contributed by atoms with van der Waals surface area (Å²) in [7, 11) is -3.67. The second kappa shape index (κ2) is 7.93. The fourth-order valence-corrected chi connectivity index (χ4v) is 1.04. The molecule has 0 heterocycles. The third kappa shape index (κ3) is 7.06. The Morgan fingerprint density at radius 1 is 1.14 bits per heavy atom. The molecular formula is C9H9BF3K. The maximum atomic E-state index is 9.67. The van der Waals surface area contributed by atoms with Crippen molar-refractivity contribution in [2.24, 2.45) is 0 Å². The third-order valence-corrected chi connectivity index (χ3v) is 1.70. The van der Waals surface area contributed by atoms with Crippen molar-refractivity contribution in [3.05, 3.63) is 42.3 Å². The van der Waals surface area contributed by atoms with Gasteiger partial charge in [-0.2, -0.15) is 12.3 Å². The number of hydrogen-bond acceptors (Lipinski definition) is 0. The molecule has 1 fully saturated rings. The Morgan fingerprint density at radius 2 is 1.57 bits per heavy atom. The molecule has 0 N–H and O–H groups in total. The number of halogens is 3. The summed E-state index contributed by atoms with van der Waals surface area (Å²) in [5.41, 5.74) is 1.47. The average molecular weight is 224 g/mol. The van der Waals surface area contributed by atoms with Crippen molar-refractivity contribution in [1.29, 1.82) is 0 Å². The van der Waals surface area contributed by atoms with E-state index < -0.39 is 7.54 Å². The number of hydrogen-bond donors (Lipinski definition) is 0. The molecule has 0 spiro atoms. The smallest absolute Gasteiger partial charge is 0.325 e. The molecule has 1 aliphatic rings. The van der Waals surface area contributed by atoms with Crippen LogP contribution in [0.2, 0.25) is 0 Å². The van der Waals surface area contributed by atoms with Crippen LogP contribution >= 0.6 is 0 Å². The van der Waals surface area contributed by atoms with E-state index in [9.17, 15) is 12.9 Å². The van der Waals surface area contributed by atoms with Crippen LogP contribution < -0.4 is 51.4 Å². The maximum absolute atomic E-state index is 9.67. The van der Waals surface area contributed by atoms with E-state index in [0.29, 0.717) is 0 Å². The quantitative estimate of drug-likeness (QED) is 0.474. The van der Waals surface area contributed by atoms with E-state index in [2.05, 4.69) is 36.8 Å². The molecule has 0 nitrogen and oxygen atoms in total.